The Balaban J connectivity index is 2.11. The number of nitrogens with zero attached hydrogens (tertiary/aromatic N) is 1. The number of amides is 1. The monoisotopic (exact) mass is 213 g/mol. The lowest BCUT2D eigenvalue weighted by Crippen LogP contribution is -2.62. The minimum atomic E-state index is -0.987. The van der Waals surface area contributed by atoms with Crippen LogP contribution in [0.15, 0.2) is 0 Å². The van der Waals surface area contributed by atoms with Crippen LogP contribution in [-0.2, 0) is 14.3 Å². The lowest BCUT2D eigenvalue weighted by Gasteiger charge is -2.50. The van der Waals surface area contributed by atoms with Gasteiger partial charge in [-0.25, -0.2) is 4.79 Å². The first kappa shape index (κ1) is 10.4. The molecule has 0 aromatic heterocycles. The van der Waals surface area contributed by atoms with Crippen molar-refractivity contribution in [3.8, 4) is 0 Å². The molecule has 5 nitrogen and oxygen atoms in total. The van der Waals surface area contributed by atoms with Gasteiger partial charge in [0.2, 0.25) is 5.91 Å². The Bertz CT molecular complexity index is 298. The van der Waals surface area contributed by atoms with Crippen molar-refractivity contribution in [3.63, 3.8) is 0 Å². The summed E-state index contributed by atoms with van der Waals surface area (Å²) in [7, 11) is 0. The molecule has 1 saturated carbocycles. The smallest absolute Gasteiger partial charge is 0.328 e. The van der Waals surface area contributed by atoms with Crippen LogP contribution in [0.3, 0.4) is 0 Å². The van der Waals surface area contributed by atoms with Gasteiger partial charge in [0.15, 0.2) is 6.04 Å². The zero-order chi connectivity index (χ0) is 11.1. The number of aliphatic carboxylic acids is 1. The van der Waals surface area contributed by atoms with E-state index in [-0.39, 0.29) is 18.1 Å². The molecule has 1 heterocycles. The molecule has 5 heteroatoms. The second-order valence-electron chi connectivity index (χ2n) is 4.35. The first-order valence-corrected chi connectivity index (χ1v) is 5.18. The summed E-state index contributed by atoms with van der Waals surface area (Å²) in [5.74, 6) is -1.17. The summed E-state index contributed by atoms with van der Waals surface area (Å²) < 4.78 is 5.58. The summed E-state index contributed by atoms with van der Waals surface area (Å²) in [5.41, 5.74) is -0.238. The Labute approximate surface area is 88.0 Å². The van der Waals surface area contributed by atoms with E-state index in [2.05, 4.69) is 0 Å². The number of carbonyl (C=O) groups excluding carboxylic acids is 1. The minimum Gasteiger partial charge on any atom is -0.480 e. The quantitative estimate of drug-likeness (QED) is 0.677. The molecule has 1 amide bonds. The molecule has 1 saturated heterocycles. The minimum absolute atomic E-state index is 0.120. The topological polar surface area (TPSA) is 66.8 Å². The van der Waals surface area contributed by atoms with Gasteiger partial charge in [-0.1, -0.05) is 0 Å². The third kappa shape index (κ3) is 1.71. The summed E-state index contributed by atoms with van der Waals surface area (Å²) in [4.78, 5) is 23.7. The average Bonchev–Trinajstić information content (AvgIpc) is 2.14. The van der Waals surface area contributed by atoms with Crippen LogP contribution in [-0.4, -0.2) is 46.7 Å². The molecule has 0 aromatic carbocycles. The van der Waals surface area contributed by atoms with E-state index in [1.165, 1.54) is 11.8 Å². The van der Waals surface area contributed by atoms with Crippen LogP contribution in [0.4, 0.5) is 0 Å². The molecule has 15 heavy (non-hydrogen) atoms. The lowest BCUT2D eigenvalue weighted by atomic mass is 9.78. The number of hydrogen-bond acceptors (Lipinski definition) is 3. The van der Waals surface area contributed by atoms with Crippen LogP contribution >= 0.6 is 0 Å². The SMILES string of the molecule is CC(=O)N1CC2(CCC2)OCC1C(=O)O. The highest BCUT2D eigenvalue weighted by atomic mass is 16.5. The molecule has 1 atom stereocenters. The predicted octanol–water partition coefficient (Wildman–Crippen LogP) is 0.241. The molecule has 2 aliphatic rings. The molecule has 84 valence electrons. The van der Waals surface area contributed by atoms with Gasteiger partial charge in [0.05, 0.1) is 18.8 Å². The Hall–Kier alpha value is -1.10. The first-order chi connectivity index (χ1) is 7.04. The van der Waals surface area contributed by atoms with Gasteiger partial charge in [0.1, 0.15) is 0 Å². The van der Waals surface area contributed by atoms with Gasteiger partial charge in [0.25, 0.3) is 0 Å². The summed E-state index contributed by atoms with van der Waals surface area (Å²) in [6.07, 6.45) is 2.97. The number of ether oxygens (including phenoxy) is 1. The van der Waals surface area contributed by atoms with Gasteiger partial charge in [-0.15, -0.1) is 0 Å². The molecule has 0 aromatic rings. The van der Waals surface area contributed by atoms with Gasteiger partial charge in [0, 0.05) is 6.92 Å². The van der Waals surface area contributed by atoms with Crippen LogP contribution in [0.2, 0.25) is 0 Å². The molecule has 2 rings (SSSR count). The van der Waals surface area contributed by atoms with E-state index in [1.54, 1.807) is 0 Å². The van der Waals surface area contributed by atoms with Crippen molar-refractivity contribution in [2.24, 2.45) is 0 Å². The Morgan fingerprint density at radius 1 is 1.47 bits per heavy atom. The maximum Gasteiger partial charge on any atom is 0.328 e. The van der Waals surface area contributed by atoms with Gasteiger partial charge < -0.3 is 14.7 Å². The van der Waals surface area contributed by atoms with Crippen molar-refractivity contribution in [1.29, 1.82) is 0 Å². The Morgan fingerprint density at radius 3 is 2.53 bits per heavy atom. The highest BCUT2D eigenvalue weighted by Crippen LogP contribution is 2.39. The summed E-state index contributed by atoms with van der Waals surface area (Å²) in [6, 6.07) is -0.811. The van der Waals surface area contributed by atoms with Crippen LogP contribution in [0.1, 0.15) is 26.2 Å². The number of morpholine rings is 1. The van der Waals surface area contributed by atoms with Crippen molar-refractivity contribution < 1.29 is 19.4 Å². The molecule has 1 spiro atoms. The van der Waals surface area contributed by atoms with Crippen molar-refractivity contribution in [2.75, 3.05) is 13.2 Å². The van der Waals surface area contributed by atoms with Crippen LogP contribution in [0, 0.1) is 0 Å². The molecule has 0 bridgehead atoms. The summed E-state index contributed by atoms with van der Waals surface area (Å²) in [5, 5.41) is 8.94. The highest BCUT2D eigenvalue weighted by Gasteiger charge is 2.47. The molecule has 1 aliphatic carbocycles. The highest BCUT2D eigenvalue weighted by molar-refractivity contribution is 5.82. The van der Waals surface area contributed by atoms with E-state index in [4.69, 9.17) is 9.84 Å². The van der Waals surface area contributed by atoms with E-state index < -0.39 is 12.0 Å². The zero-order valence-electron chi connectivity index (χ0n) is 8.73. The van der Waals surface area contributed by atoms with E-state index >= 15 is 0 Å². The largest absolute Gasteiger partial charge is 0.480 e. The van der Waals surface area contributed by atoms with Gasteiger partial charge in [-0.3, -0.25) is 4.79 Å². The maximum atomic E-state index is 11.3. The zero-order valence-corrected chi connectivity index (χ0v) is 8.73. The number of carboxylic acids is 1. The van der Waals surface area contributed by atoms with Crippen LogP contribution in [0.5, 0.6) is 0 Å². The molecule has 1 aliphatic heterocycles. The number of carbonyl (C=O) groups is 2. The maximum absolute atomic E-state index is 11.3. The normalized spacial score (nSPS) is 28.6. The lowest BCUT2D eigenvalue weighted by molar-refractivity contribution is -0.190. The summed E-state index contributed by atoms with van der Waals surface area (Å²) in [6.45, 7) is 1.96. The fourth-order valence-electron chi connectivity index (χ4n) is 2.22. The Morgan fingerprint density at radius 2 is 2.13 bits per heavy atom. The third-order valence-corrected chi connectivity index (χ3v) is 3.34. The molecule has 0 radical (unpaired) electrons. The first-order valence-electron chi connectivity index (χ1n) is 5.18. The van der Waals surface area contributed by atoms with Crippen LogP contribution in [0.25, 0.3) is 0 Å². The van der Waals surface area contributed by atoms with E-state index in [1.807, 2.05) is 0 Å². The average molecular weight is 213 g/mol. The molecular formula is C10H15NO4. The van der Waals surface area contributed by atoms with Crippen molar-refractivity contribution in [3.05, 3.63) is 0 Å². The van der Waals surface area contributed by atoms with E-state index in [0.29, 0.717) is 6.54 Å². The third-order valence-electron chi connectivity index (χ3n) is 3.34. The van der Waals surface area contributed by atoms with E-state index in [9.17, 15) is 9.59 Å². The number of rotatable bonds is 1. The van der Waals surface area contributed by atoms with Gasteiger partial charge in [-0.05, 0) is 19.3 Å². The van der Waals surface area contributed by atoms with E-state index in [0.717, 1.165) is 19.3 Å². The van der Waals surface area contributed by atoms with Crippen molar-refractivity contribution in [2.45, 2.75) is 37.8 Å². The standard InChI is InChI=1S/C10H15NO4/c1-7(12)11-6-10(3-2-4-10)15-5-8(11)9(13)14/h8H,2-6H2,1H3,(H,13,14). The fourth-order valence-corrected chi connectivity index (χ4v) is 2.22. The predicted molar refractivity (Wildman–Crippen MR) is 51.3 cm³/mol. The van der Waals surface area contributed by atoms with Crippen LogP contribution < -0.4 is 0 Å². The number of hydrogen-bond donors (Lipinski definition) is 1. The number of carboxylic acid groups (broad SMARTS) is 1. The molecule has 1 unspecified atom stereocenters. The molecule has 1 N–H and O–H groups in total. The Kier molecular flexibility index (Phi) is 2.42. The molecule has 2 fully saturated rings. The van der Waals surface area contributed by atoms with Gasteiger partial charge in [-0.2, -0.15) is 0 Å². The summed E-state index contributed by atoms with van der Waals surface area (Å²) >= 11 is 0. The van der Waals surface area contributed by atoms with Crippen molar-refractivity contribution in [1.82, 2.24) is 4.90 Å². The second kappa shape index (κ2) is 3.48. The van der Waals surface area contributed by atoms with Crippen molar-refractivity contribution >= 4 is 11.9 Å². The second-order valence-corrected chi connectivity index (χ2v) is 4.35. The van der Waals surface area contributed by atoms with Gasteiger partial charge >= 0.3 is 5.97 Å². The molecular weight excluding hydrogens is 198 g/mol. The fraction of sp³-hybridized carbons (Fsp3) is 0.800.